The van der Waals surface area contributed by atoms with E-state index in [0.29, 0.717) is 74.2 Å². The lowest BCUT2D eigenvalue weighted by Crippen LogP contribution is -2.08. The molecule has 6 aromatic rings. The quantitative estimate of drug-likeness (QED) is 0.0101. The minimum absolute atomic E-state index is 0.209. The zero-order valence-corrected chi connectivity index (χ0v) is 43.6. The van der Waals surface area contributed by atoms with Gasteiger partial charge in [-0.25, -0.2) is 19.4 Å². The van der Waals surface area contributed by atoms with Crippen molar-refractivity contribution in [3.8, 4) is 17.2 Å². The zero-order chi connectivity index (χ0) is 52.2. The van der Waals surface area contributed by atoms with Gasteiger partial charge in [-0.1, -0.05) is 93.6 Å². The number of rotatable bonds is 35. The van der Waals surface area contributed by atoms with Gasteiger partial charge in [-0.05, 0) is 147 Å². The Morgan fingerprint density at radius 3 is 1.58 bits per heavy atom. The molecule has 0 saturated heterocycles. The molecule has 1 heterocycles. The molecule has 0 aliphatic rings. The average Bonchev–Trinajstić information content (AvgIpc) is 3.43. The van der Waals surface area contributed by atoms with Gasteiger partial charge in [0.1, 0.15) is 22.3 Å². The lowest BCUT2D eigenvalue weighted by atomic mass is 10.0. The number of hydrogen-bond acceptors (Lipinski definition) is 13. The number of carbonyl (C=O) groups excluding carboxylic acids is 3. The minimum atomic E-state index is -1.17. The number of unbranched alkanes of at least 4 members (excludes halogenated alkanes) is 9. The summed E-state index contributed by atoms with van der Waals surface area (Å²) in [6.07, 6.45) is 14.2. The first-order valence-electron chi connectivity index (χ1n) is 26.0. The zero-order valence-electron chi connectivity index (χ0n) is 42.8. The first kappa shape index (κ1) is 56.6. The summed E-state index contributed by atoms with van der Waals surface area (Å²) in [6, 6.07) is 34.9. The van der Waals surface area contributed by atoms with Crippen LogP contribution in [0.15, 0.2) is 144 Å². The predicted molar refractivity (Wildman–Crippen MR) is 291 cm³/mol. The second-order valence-corrected chi connectivity index (χ2v) is 18.9. The Morgan fingerprint density at radius 1 is 0.541 bits per heavy atom. The van der Waals surface area contributed by atoms with E-state index < -0.39 is 18.2 Å². The van der Waals surface area contributed by atoms with Gasteiger partial charge in [0.25, 0.3) is 0 Å². The van der Waals surface area contributed by atoms with Crippen LogP contribution in [0.25, 0.3) is 21.7 Å². The van der Waals surface area contributed by atoms with Crippen LogP contribution >= 0.6 is 11.8 Å². The third-order valence-corrected chi connectivity index (χ3v) is 13.2. The number of aliphatic hydroxyl groups excluding tert-OH is 1. The molecule has 0 aliphatic heterocycles. The first-order chi connectivity index (χ1) is 36.2. The number of aromatic nitrogens is 1. The predicted octanol–water partition coefficient (Wildman–Crippen LogP) is 13.5. The molecule has 5 aromatic carbocycles. The molecule has 1 unspecified atom stereocenters. The average molecular weight is 1030 g/mol. The van der Waals surface area contributed by atoms with Crippen LogP contribution in [-0.4, -0.2) is 74.2 Å². The summed E-state index contributed by atoms with van der Waals surface area (Å²) in [7, 11) is 0. The molecule has 0 aliphatic carbocycles. The van der Waals surface area contributed by atoms with Gasteiger partial charge in [0.15, 0.2) is 6.29 Å². The van der Waals surface area contributed by atoms with Crippen LogP contribution in [-0.2, 0) is 41.4 Å². The van der Waals surface area contributed by atoms with Crippen LogP contribution in [0.1, 0.15) is 117 Å². The fourth-order valence-corrected chi connectivity index (χ4v) is 8.90. The molecule has 392 valence electrons. The van der Waals surface area contributed by atoms with Gasteiger partial charge < -0.3 is 38.3 Å². The van der Waals surface area contributed by atoms with Crippen molar-refractivity contribution in [2.75, 3.05) is 46.2 Å². The molecule has 13 heteroatoms. The van der Waals surface area contributed by atoms with Crippen molar-refractivity contribution in [1.29, 1.82) is 0 Å². The highest BCUT2D eigenvalue weighted by Gasteiger charge is 2.17. The molecular formula is C61H71NO11S. The molecule has 0 fully saturated rings. The Labute approximate surface area is 440 Å². The Kier molecular flexibility index (Phi) is 24.3. The number of hydrogen-bond donors (Lipinski definition) is 1. The molecule has 12 nitrogen and oxygen atoms in total. The van der Waals surface area contributed by atoms with Gasteiger partial charge in [0.05, 0.1) is 57.3 Å². The van der Waals surface area contributed by atoms with E-state index in [2.05, 4.69) is 20.1 Å². The van der Waals surface area contributed by atoms with Gasteiger partial charge in [0.2, 0.25) is 0 Å². The van der Waals surface area contributed by atoms with Crippen LogP contribution in [0.2, 0.25) is 0 Å². The van der Waals surface area contributed by atoms with Gasteiger partial charge in [-0.2, -0.15) is 0 Å². The van der Waals surface area contributed by atoms with Gasteiger partial charge in [0, 0.05) is 39.8 Å². The number of benzene rings is 5. The number of ether oxygens (including phenoxy) is 7. The molecule has 1 aromatic heterocycles. The van der Waals surface area contributed by atoms with E-state index in [-0.39, 0.29) is 12.6 Å². The molecule has 0 amide bonds. The Balaban J connectivity index is 1.04. The molecule has 0 radical (unpaired) electrons. The monoisotopic (exact) mass is 1030 g/mol. The van der Waals surface area contributed by atoms with E-state index in [9.17, 15) is 19.5 Å². The fourth-order valence-electron chi connectivity index (χ4n) is 7.98. The number of carbonyl (C=O) groups is 3. The molecule has 0 bridgehead atoms. The van der Waals surface area contributed by atoms with Gasteiger partial charge >= 0.3 is 17.9 Å². The molecule has 74 heavy (non-hydrogen) atoms. The smallest absolute Gasteiger partial charge is 0.338 e. The molecule has 0 spiro atoms. The van der Waals surface area contributed by atoms with Crippen molar-refractivity contribution in [1.82, 2.24) is 4.98 Å². The number of esters is 3. The van der Waals surface area contributed by atoms with Crippen molar-refractivity contribution < 1.29 is 52.6 Å². The van der Waals surface area contributed by atoms with E-state index in [4.69, 9.17) is 38.1 Å². The van der Waals surface area contributed by atoms with Crippen molar-refractivity contribution in [3.63, 3.8) is 0 Å². The molecule has 0 saturated carbocycles. The van der Waals surface area contributed by atoms with Gasteiger partial charge in [-0.15, -0.1) is 0 Å². The van der Waals surface area contributed by atoms with E-state index in [0.717, 1.165) is 114 Å². The summed E-state index contributed by atoms with van der Waals surface area (Å²) in [4.78, 5) is 41.8. The number of aliphatic hydroxyl groups is 1. The van der Waals surface area contributed by atoms with Crippen LogP contribution in [0.4, 0.5) is 0 Å². The van der Waals surface area contributed by atoms with E-state index >= 15 is 0 Å². The van der Waals surface area contributed by atoms with Crippen LogP contribution in [0.5, 0.6) is 17.2 Å². The Hall–Kier alpha value is -6.67. The van der Waals surface area contributed by atoms with Crippen molar-refractivity contribution in [3.05, 3.63) is 157 Å². The summed E-state index contributed by atoms with van der Waals surface area (Å²) in [6.45, 7) is 12.2. The summed E-state index contributed by atoms with van der Waals surface area (Å²) < 4.78 is 39.6. The van der Waals surface area contributed by atoms with Crippen LogP contribution in [0.3, 0.4) is 0 Å². The van der Waals surface area contributed by atoms with Crippen molar-refractivity contribution in [2.45, 2.75) is 113 Å². The van der Waals surface area contributed by atoms with Crippen molar-refractivity contribution in [2.24, 2.45) is 0 Å². The summed E-state index contributed by atoms with van der Waals surface area (Å²) in [5, 5.41) is 14.7. The highest BCUT2D eigenvalue weighted by atomic mass is 32.2. The topological polar surface area (TPSA) is 149 Å². The van der Waals surface area contributed by atoms with Crippen LogP contribution < -0.4 is 14.2 Å². The second-order valence-electron chi connectivity index (χ2n) is 17.9. The number of fused-ring (bicyclic) bond motifs is 3. The molecule has 1 N–H and O–H groups in total. The third kappa shape index (κ3) is 19.3. The van der Waals surface area contributed by atoms with E-state index in [1.807, 2.05) is 97.1 Å². The summed E-state index contributed by atoms with van der Waals surface area (Å²) in [5.41, 5.74) is 3.73. The van der Waals surface area contributed by atoms with Crippen LogP contribution in [0, 0.1) is 0 Å². The van der Waals surface area contributed by atoms with Crippen molar-refractivity contribution >= 4 is 51.3 Å². The van der Waals surface area contributed by atoms with Gasteiger partial charge in [-0.3, -0.25) is 0 Å². The maximum absolute atomic E-state index is 13.4. The first-order valence-corrected chi connectivity index (χ1v) is 26.8. The Morgan fingerprint density at radius 2 is 1.04 bits per heavy atom. The summed E-state index contributed by atoms with van der Waals surface area (Å²) in [5.74, 6) is 1.18. The third-order valence-electron chi connectivity index (χ3n) is 12.2. The molecule has 6 rings (SSSR count). The normalized spacial score (nSPS) is 11.5. The fraction of sp³-hybridized carbons (Fsp3) is 0.377. The standard InChI is InChI=1S/C61H71NO11S/c1-4-7-8-13-36-69-51-28-30-52(31-29-51)74-59-55-43-47(60(65)72-41-34-45-18-24-49(25-19-45)67-37-14-9-11-16-39-70-57(63)5-2)22-32-53(55)54-33-23-48(44-56(54)62-59)61(66)73-42-35-46-20-26-50(27-21-46)68-38-15-10-12-17-40-71-58(64)6-3/h5-6,18-33,43-44,60,65H,2-4,7-17,34-42H2,1H3. The van der Waals surface area contributed by atoms with E-state index in [1.165, 1.54) is 36.8 Å². The number of nitrogens with zero attached hydrogens (tertiary/aromatic N) is 1. The largest absolute Gasteiger partial charge is 0.494 e. The maximum atomic E-state index is 13.4. The highest BCUT2D eigenvalue weighted by Crippen LogP contribution is 2.38. The SMILES string of the molecule is C=CC(=O)OCCCCCCOc1ccc(CCOC(=O)c2ccc3c(c2)nc(Sc2ccc(OCCCCCC)cc2)c2cc(C(O)OCCc4ccc(OCCCCCCOC(=O)C=C)cc4)ccc23)cc1. The lowest BCUT2D eigenvalue weighted by molar-refractivity contribution is -0.138. The maximum Gasteiger partial charge on any atom is 0.338 e. The lowest BCUT2D eigenvalue weighted by Gasteiger charge is -2.16. The second kappa shape index (κ2) is 31.8. The number of pyridine rings is 1. The minimum Gasteiger partial charge on any atom is -0.494 e. The molecular weight excluding hydrogens is 955 g/mol. The highest BCUT2D eigenvalue weighted by molar-refractivity contribution is 7.99. The molecule has 1 atom stereocenters. The van der Waals surface area contributed by atoms with E-state index in [1.54, 1.807) is 12.1 Å². The summed E-state index contributed by atoms with van der Waals surface area (Å²) >= 11 is 1.50. The Bertz CT molecular complexity index is 2690.